The van der Waals surface area contributed by atoms with Gasteiger partial charge in [0.1, 0.15) is 12.1 Å². The molecule has 12 heteroatoms. The van der Waals surface area contributed by atoms with Gasteiger partial charge in [0.2, 0.25) is 11.6 Å². The van der Waals surface area contributed by atoms with E-state index in [1.807, 2.05) is 23.1 Å². The van der Waals surface area contributed by atoms with Crippen LogP contribution in [0.3, 0.4) is 0 Å². The highest BCUT2D eigenvalue weighted by molar-refractivity contribution is 5.94. The Hall–Kier alpha value is -4.35. The number of hydrogen-bond acceptors (Lipinski definition) is 10. The SMILES string of the molecule is O=C(NNc1ncnc(N2CCN(c3ccccn3)CC2)c1[N+](=O)[O-])c1ccncc1. The number of hydrogen-bond donors (Lipinski definition) is 2. The van der Waals surface area contributed by atoms with Crippen LogP contribution in [0.5, 0.6) is 0 Å². The molecule has 0 spiro atoms. The van der Waals surface area contributed by atoms with Gasteiger partial charge in [0.15, 0.2) is 0 Å². The number of nitro groups is 1. The highest BCUT2D eigenvalue weighted by Crippen LogP contribution is 2.32. The lowest BCUT2D eigenvalue weighted by Gasteiger charge is -2.35. The van der Waals surface area contributed by atoms with Crippen molar-refractivity contribution in [2.24, 2.45) is 0 Å². The predicted molar refractivity (Wildman–Crippen MR) is 113 cm³/mol. The van der Waals surface area contributed by atoms with Gasteiger partial charge in [0.05, 0.1) is 4.92 Å². The standard InChI is InChI=1S/C19H19N9O3/c29-19(14-4-7-20-8-5-14)25-24-17-16(28(30)31)18(23-13-22-17)27-11-9-26(10-12-27)15-3-1-2-6-21-15/h1-8,13H,9-12H2,(H,25,29)(H,22,23,24). The third-order valence-corrected chi connectivity index (χ3v) is 4.77. The van der Waals surface area contributed by atoms with Crippen LogP contribution < -0.4 is 20.7 Å². The van der Waals surface area contributed by atoms with Crippen LogP contribution in [0.4, 0.5) is 23.1 Å². The van der Waals surface area contributed by atoms with Gasteiger partial charge in [-0.2, -0.15) is 0 Å². The van der Waals surface area contributed by atoms with Gasteiger partial charge in [-0.1, -0.05) is 6.07 Å². The number of piperazine rings is 1. The number of carbonyl (C=O) groups excluding carboxylic acids is 1. The summed E-state index contributed by atoms with van der Waals surface area (Å²) in [5, 5.41) is 11.8. The second-order valence-corrected chi connectivity index (χ2v) is 6.63. The van der Waals surface area contributed by atoms with Gasteiger partial charge in [-0.15, -0.1) is 0 Å². The summed E-state index contributed by atoms with van der Waals surface area (Å²) in [5.41, 5.74) is 5.02. The first-order valence-corrected chi connectivity index (χ1v) is 9.50. The zero-order valence-corrected chi connectivity index (χ0v) is 16.4. The fraction of sp³-hybridized carbons (Fsp3) is 0.211. The lowest BCUT2D eigenvalue weighted by Crippen LogP contribution is -2.47. The van der Waals surface area contributed by atoms with Crippen LogP contribution in [-0.2, 0) is 0 Å². The van der Waals surface area contributed by atoms with Gasteiger partial charge in [-0.05, 0) is 24.3 Å². The number of hydrazine groups is 1. The molecule has 1 aliphatic rings. The molecule has 0 atom stereocenters. The summed E-state index contributed by atoms with van der Waals surface area (Å²) in [6.07, 6.45) is 5.92. The Labute approximate surface area is 177 Å². The summed E-state index contributed by atoms with van der Waals surface area (Å²) in [6.45, 7) is 2.33. The molecule has 158 valence electrons. The number of aromatic nitrogens is 4. The molecule has 4 rings (SSSR count). The fourth-order valence-electron chi connectivity index (χ4n) is 3.24. The minimum atomic E-state index is -0.554. The zero-order chi connectivity index (χ0) is 21.6. The van der Waals surface area contributed by atoms with E-state index in [9.17, 15) is 14.9 Å². The molecular formula is C19H19N9O3. The lowest BCUT2D eigenvalue weighted by molar-refractivity contribution is -0.383. The summed E-state index contributed by atoms with van der Waals surface area (Å²) < 4.78 is 0. The average molecular weight is 421 g/mol. The van der Waals surface area contributed by atoms with E-state index in [2.05, 4.69) is 35.7 Å². The lowest BCUT2D eigenvalue weighted by atomic mass is 10.2. The quantitative estimate of drug-likeness (QED) is 0.441. The third kappa shape index (κ3) is 4.47. The second kappa shape index (κ2) is 8.98. The molecule has 1 saturated heterocycles. The van der Waals surface area contributed by atoms with Crippen molar-refractivity contribution in [3.8, 4) is 0 Å². The Balaban J connectivity index is 1.49. The Morgan fingerprint density at radius 2 is 1.71 bits per heavy atom. The van der Waals surface area contributed by atoms with Gasteiger partial charge in [-0.3, -0.25) is 30.7 Å². The van der Waals surface area contributed by atoms with E-state index in [0.717, 1.165) is 5.82 Å². The molecule has 0 radical (unpaired) electrons. The Morgan fingerprint density at radius 1 is 0.968 bits per heavy atom. The molecule has 1 fully saturated rings. The Morgan fingerprint density at radius 3 is 2.39 bits per heavy atom. The molecule has 12 nitrogen and oxygen atoms in total. The monoisotopic (exact) mass is 421 g/mol. The van der Waals surface area contributed by atoms with Gasteiger partial charge in [-0.25, -0.2) is 15.0 Å². The van der Waals surface area contributed by atoms with Crippen molar-refractivity contribution in [1.82, 2.24) is 25.4 Å². The van der Waals surface area contributed by atoms with Crippen LogP contribution in [-0.4, -0.2) is 56.9 Å². The highest BCUT2D eigenvalue weighted by Gasteiger charge is 2.29. The third-order valence-electron chi connectivity index (χ3n) is 4.77. The van der Waals surface area contributed by atoms with Crippen molar-refractivity contribution in [2.45, 2.75) is 0 Å². The van der Waals surface area contributed by atoms with E-state index < -0.39 is 10.8 Å². The Kier molecular flexibility index (Phi) is 5.78. The first-order valence-electron chi connectivity index (χ1n) is 9.50. The predicted octanol–water partition coefficient (Wildman–Crippen LogP) is 1.26. The molecule has 1 aliphatic heterocycles. The van der Waals surface area contributed by atoms with E-state index in [1.165, 1.54) is 30.9 Å². The number of nitrogens with zero attached hydrogens (tertiary/aromatic N) is 7. The number of carbonyl (C=O) groups is 1. The van der Waals surface area contributed by atoms with Gasteiger partial charge in [0.25, 0.3) is 5.91 Å². The summed E-state index contributed by atoms with van der Waals surface area (Å²) in [6, 6.07) is 8.75. The normalized spacial score (nSPS) is 13.5. The number of pyridine rings is 2. The van der Waals surface area contributed by atoms with Crippen molar-refractivity contribution in [3.63, 3.8) is 0 Å². The van der Waals surface area contributed by atoms with Crippen molar-refractivity contribution >= 4 is 29.0 Å². The summed E-state index contributed by atoms with van der Waals surface area (Å²) >= 11 is 0. The molecule has 3 aromatic rings. The van der Waals surface area contributed by atoms with E-state index in [1.54, 1.807) is 6.20 Å². The molecule has 0 saturated carbocycles. The van der Waals surface area contributed by atoms with Crippen LogP contribution in [0.2, 0.25) is 0 Å². The van der Waals surface area contributed by atoms with Crippen molar-refractivity contribution in [3.05, 3.63) is 70.9 Å². The molecule has 0 aromatic carbocycles. The average Bonchev–Trinajstić information content (AvgIpc) is 2.83. The molecule has 4 heterocycles. The van der Waals surface area contributed by atoms with Gasteiger partial charge >= 0.3 is 5.69 Å². The number of amides is 1. The molecule has 0 unspecified atom stereocenters. The maximum atomic E-state index is 12.2. The molecule has 0 aliphatic carbocycles. The van der Waals surface area contributed by atoms with E-state index in [-0.39, 0.29) is 17.3 Å². The van der Waals surface area contributed by atoms with Crippen LogP contribution in [0, 0.1) is 10.1 Å². The fourth-order valence-corrected chi connectivity index (χ4v) is 3.24. The zero-order valence-electron chi connectivity index (χ0n) is 16.4. The smallest absolute Gasteiger partial charge is 0.353 e. The van der Waals surface area contributed by atoms with Crippen molar-refractivity contribution < 1.29 is 9.72 Å². The number of nitrogens with one attached hydrogen (secondary N) is 2. The van der Waals surface area contributed by atoms with Crippen LogP contribution in [0.1, 0.15) is 10.4 Å². The van der Waals surface area contributed by atoms with E-state index in [4.69, 9.17) is 0 Å². The second-order valence-electron chi connectivity index (χ2n) is 6.63. The van der Waals surface area contributed by atoms with Crippen LogP contribution in [0.25, 0.3) is 0 Å². The molecular weight excluding hydrogens is 402 g/mol. The first-order chi connectivity index (χ1) is 15.1. The van der Waals surface area contributed by atoms with Crippen LogP contribution in [0.15, 0.2) is 55.2 Å². The number of anilines is 3. The highest BCUT2D eigenvalue weighted by atomic mass is 16.6. The Bertz CT molecular complexity index is 1060. The minimum absolute atomic E-state index is 0.0930. The molecule has 31 heavy (non-hydrogen) atoms. The molecule has 0 bridgehead atoms. The molecule has 1 amide bonds. The molecule has 3 aromatic heterocycles. The van der Waals surface area contributed by atoms with Crippen LogP contribution >= 0.6 is 0 Å². The van der Waals surface area contributed by atoms with Gasteiger partial charge in [0, 0.05) is 50.3 Å². The molecule has 2 N–H and O–H groups in total. The minimum Gasteiger partial charge on any atom is -0.353 e. The summed E-state index contributed by atoms with van der Waals surface area (Å²) in [4.78, 5) is 43.7. The maximum absolute atomic E-state index is 12.2. The van der Waals surface area contributed by atoms with Crippen molar-refractivity contribution in [2.75, 3.05) is 41.4 Å². The van der Waals surface area contributed by atoms with Crippen molar-refractivity contribution in [1.29, 1.82) is 0 Å². The topological polar surface area (TPSA) is 142 Å². The van der Waals surface area contributed by atoms with E-state index >= 15 is 0 Å². The summed E-state index contributed by atoms with van der Waals surface area (Å²) in [5.74, 6) is 0.493. The maximum Gasteiger partial charge on any atom is 0.355 e. The largest absolute Gasteiger partial charge is 0.355 e. The summed E-state index contributed by atoms with van der Waals surface area (Å²) in [7, 11) is 0. The van der Waals surface area contributed by atoms with Gasteiger partial charge < -0.3 is 9.80 Å². The number of rotatable bonds is 6. The first kappa shape index (κ1) is 19.9. The van der Waals surface area contributed by atoms with E-state index in [0.29, 0.717) is 31.7 Å².